The highest BCUT2D eigenvalue weighted by Crippen LogP contribution is 2.40. The predicted octanol–water partition coefficient (Wildman–Crippen LogP) is 3.12. The van der Waals surface area contributed by atoms with Crippen molar-refractivity contribution in [2.24, 2.45) is 0 Å². The summed E-state index contributed by atoms with van der Waals surface area (Å²) < 4.78 is 0. The summed E-state index contributed by atoms with van der Waals surface area (Å²) in [5, 5.41) is 9.09. The molecule has 0 saturated heterocycles. The van der Waals surface area contributed by atoms with Crippen LogP contribution in [0.25, 0.3) is 0 Å². The molecular weight excluding hydrogens is 176 g/mol. The fourth-order valence-electron chi connectivity index (χ4n) is 2.41. The van der Waals surface area contributed by atoms with Gasteiger partial charge in [-0.1, -0.05) is 31.2 Å². The van der Waals surface area contributed by atoms with Crippen LogP contribution in [0.2, 0.25) is 0 Å². The van der Waals surface area contributed by atoms with Gasteiger partial charge in [0, 0.05) is 0 Å². The fraction of sp³-hybridized carbons (Fsp3) is 0.500. The Morgan fingerprint density at radius 2 is 2.21 bits per heavy atom. The molecule has 0 aliphatic heterocycles. The summed E-state index contributed by atoms with van der Waals surface area (Å²) in [5.41, 5.74) is 2.03. The summed E-state index contributed by atoms with van der Waals surface area (Å²) in [6.07, 6.45) is 3.92. The molecule has 1 aromatic carbocycles. The third kappa shape index (κ3) is 1.35. The van der Waals surface area contributed by atoms with Crippen molar-refractivity contribution < 1.29 is 10.1 Å². The first kappa shape index (κ1) is 9.69. The van der Waals surface area contributed by atoms with E-state index in [9.17, 15) is 0 Å². The molecule has 0 amide bonds. The maximum atomic E-state index is 9.09. The van der Waals surface area contributed by atoms with Gasteiger partial charge in [-0.3, -0.25) is 5.26 Å². The van der Waals surface area contributed by atoms with Crippen LogP contribution in [0.4, 0.5) is 0 Å². The van der Waals surface area contributed by atoms with Crippen LogP contribution < -0.4 is 0 Å². The molecule has 14 heavy (non-hydrogen) atoms. The van der Waals surface area contributed by atoms with Gasteiger partial charge in [-0.05, 0) is 36.8 Å². The Morgan fingerprint density at radius 1 is 1.43 bits per heavy atom. The van der Waals surface area contributed by atoms with E-state index in [2.05, 4.69) is 19.1 Å². The summed E-state index contributed by atoms with van der Waals surface area (Å²) in [7, 11) is 0. The van der Waals surface area contributed by atoms with Gasteiger partial charge in [0.1, 0.15) is 5.60 Å². The van der Waals surface area contributed by atoms with Crippen molar-refractivity contribution in [1.82, 2.24) is 0 Å². The van der Waals surface area contributed by atoms with E-state index in [4.69, 9.17) is 10.1 Å². The van der Waals surface area contributed by atoms with E-state index in [0.717, 1.165) is 31.2 Å². The molecule has 0 spiro atoms. The van der Waals surface area contributed by atoms with Crippen LogP contribution in [0.1, 0.15) is 37.3 Å². The van der Waals surface area contributed by atoms with E-state index < -0.39 is 5.60 Å². The molecule has 0 fully saturated rings. The first-order valence-corrected chi connectivity index (χ1v) is 5.23. The van der Waals surface area contributed by atoms with Gasteiger partial charge in [-0.2, -0.15) is 0 Å². The minimum Gasteiger partial charge on any atom is -0.251 e. The lowest BCUT2D eigenvalue weighted by Gasteiger charge is -2.35. The van der Waals surface area contributed by atoms with Gasteiger partial charge in [0.05, 0.1) is 0 Å². The lowest BCUT2D eigenvalue weighted by molar-refractivity contribution is -0.334. The zero-order valence-electron chi connectivity index (χ0n) is 8.49. The highest BCUT2D eigenvalue weighted by Gasteiger charge is 2.36. The summed E-state index contributed by atoms with van der Waals surface area (Å²) in [5.74, 6) is 0. The maximum absolute atomic E-state index is 9.09. The van der Waals surface area contributed by atoms with Crippen LogP contribution in [0.5, 0.6) is 0 Å². The molecule has 0 aromatic heterocycles. The summed E-state index contributed by atoms with van der Waals surface area (Å²) in [4.78, 5) is 4.75. The topological polar surface area (TPSA) is 29.5 Å². The number of rotatable bonds is 2. The molecular formula is C12H16O2. The number of aryl methyl sites for hydroxylation is 1. The van der Waals surface area contributed by atoms with Gasteiger partial charge in [-0.15, -0.1) is 0 Å². The lowest BCUT2D eigenvalue weighted by Crippen LogP contribution is -2.32. The monoisotopic (exact) mass is 192 g/mol. The Bertz CT molecular complexity index is 316. The average molecular weight is 192 g/mol. The molecule has 2 heteroatoms. The van der Waals surface area contributed by atoms with E-state index in [1.807, 2.05) is 12.1 Å². The second-order valence-electron chi connectivity index (χ2n) is 3.95. The molecule has 1 atom stereocenters. The van der Waals surface area contributed by atoms with Crippen molar-refractivity contribution in [1.29, 1.82) is 0 Å². The minimum absolute atomic E-state index is 0.450. The van der Waals surface area contributed by atoms with E-state index in [0.29, 0.717) is 0 Å². The van der Waals surface area contributed by atoms with Crippen LogP contribution in [-0.2, 0) is 16.9 Å². The van der Waals surface area contributed by atoms with E-state index in [-0.39, 0.29) is 0 Å². The highest BCUT2D eigenvalue weighted by molar-refractivity contribution is 5.34. The molecule has 2 nitrogen and oxygen atoms in total. The zero-order chi connectivity index (χ0) is 10.0. The number of hydrogen-bond donors (Lipinski definition) is 1. The zero-order valence-corrected chi connectivity index (χ0v) is 8.49. The number of benzene rings is 1. The smallest absolute Gasteiger partial charge is 0.128 e. The SMILES string of the molecule is CCC1(OO)CCCc2ccccc21. The largest absolute Gasteiger partial charge is 0.251 e. The Balaban J connectivity index is 2.48. The summed E-state index contributed by atoms with van der Waals surface area (Å²) >= 11 is 0. The Morgan fingerprint density at radius 3 is 2.93 bits per heavy atom. The quantitative estimate of drug-likeness (QED) is 0.576. The minimum atomic E-state index is -0.450. The normalized spacial score (nSPS) is 25.9. The van der Waals surface area contributed by atoms with Gasteiger partial charge in [-0.25, -0.2) is 4.89 Å². The third-order valence-corrected chi connectivity index (χ3v) is 3.28. The molecule has 1 aliphatic rings. The van der Waals surface area contributed by atoms with E-state index in [1.54, 1.807) is 0 Å². The van der Waals surface area contributed by atoms with Crippen molar-refractivity contribution in [2.45, 2.75) is 38.2 Å². The second-order valence-corrected chi connectivity index (χ2v) is 3.95. The maximum Gasteiger partial charge on any atom is 0.128 e. The van der Waals surface area contributed by atoms with Crippen molar-refractivity contribution in [2.75, 3.05) is 0 Å². The molecule has 1 aromatic rings. The Kier molecular flexibility index (Phi) is 2.57. The van der Waals surface area contributed by atoms with Crippen LogP contribution in [0.3, 0.4) is 0 Å². The van der Waals surface area contributed by atoms with Crippen LogP contribution >= 0.6 is 0 Å². The molecule has 0 radical (unpaired) electrons. The second kappa shape index (κ2) is 3.71. The Labute approximate surface area is 84.5 Å². The summed E-state index contributed by atoms with van der Waals surface area (Å²) in [6, 6.07) is 8.24. The predicted molar refractivity (Wildman–Crippen MR) is 55.1 cm³/mol. The third-order valence-electron chi connectivity index (χ3n) is 3.28. The standard InChI is InChI=1S/C12H16O2/c1-2-12(14-13)9-5-7-10-6-3-4-8-11(10)12/h3-4,6,8,13H,2,5,7,9H2,1H3. The summed E-state index contributed by atoms with van der Waals surface area (Å²) in [6.45, 7) is 2.05. The number of fused-ring (bicyclic) bond motifs is 1. The van der Waals surface area contributed by atoms with Gasteiger partial charge in [0.25, 0.3) is 0 Å². The molecule has 0 saturated carbocycles. The fourth-order valence-corrected chi connectivity index (χ4v) is 2.41. The average Bonchev–Trinajstić information content (AvgIpc) is 2.28. The van der Waals surface area contributed by atoms with E-state index in [1.165, 1.54) is 5.56 Å². The Hall–Kier alpha value is -0.860. The molecule has 1 unspecified atom stereocenters. The van der Waals surface area contributed by atoms with Crippen molar-refractivity contribution in [3.63, 3.8) is 0 Å². The van der Waals surface area contributed by atoms with Crippen LogP contribution in [0, 0.1) is 0 Å². The molecule has 2 rings (SSSR count). The molecule has 0 heterocycles. The molecule has 0 bridgehead atoms. The van der Waals surface area contributed by atoms with Crippen LogP contribution in [-0.4, -0.2) is 5.26 Å². The van der Waals surface area contributed by atoms with E-state index >= 15 is 0 Å². The van der Waals surface area contributed by atoms with Crippen LogP contribution in [0.15, 0.2) is 24.3 Å². The molecule has 76 valence electrons. The van der Waals surface area contributed by atoms with Crippen molar-refractivity contribution in [3.8, 4) is 0 Å². The molecule has 1 aliphatic carbocycles. The van der Waals surface area contributed by atoms with Gasteiger partial charge in [0.15, 0.2) is 0 Å². The first-order valence-electron chi connectivity index (χ1n) is 5.23. The number of hydrogen-bond acceptors (Lipinski definition) is 2. The van der Waals surface area contributed by atoms with Crippen molar-refractivity contribution >= 4 is 0 Å². The van der Waals surface area contributed by atoms with Gasteiger partial charge in [0.2, 0.25) is 0 Å². The van der Waals surface area contributed by atoms with Gasteiger partial charge < -0.3 is 0 Å². The van der Waals surface area contributed by atoms with Crippen molar-refractivity contribution in [3.05, 3.63) is 35.4 Å². The van der Waals surface area contributed by atoms with Gasteiger partial charge >= 0.3 is 0 Å². The first-order chi connectivity index (χ1) is 6.82. The lowest BCUT2D eigenvalue weighted by atomic mass is 9.78. The molecule has 1 N–H and O–H groups in total. The highest BCUT2D eigenvalue weighted by atomic mass is 17.1.